The Hall–Kier alpha value is -5.53. The van der Waals surface area contributed by atoms with E-state index in [0.29, 0.717) is 17.0 Å². The van der Waals surface area contributed by atoms with Crippen LogP contribution in [0.4, 0.5) is 18.9 Å². The third kappa shape index (κ3) is 4.86. The Kier molecular flexibility index (Phi) is 6.21. The molecular formula is C27H18F3N7O4. The molecule has 0 bridgehead atoms. The number of hydrogen-bond donors (Lipinski definition) is 0. The SMILES string of the molecule is O=c1n(Cc2ccco2)c2nc(-c3ccccc3)cc(C(F)(F)F)c2n1Cc1cn(-c2ccc([N+](=O)[O-])cc2)nn1. The van der Waals surface area contributed by atoms with Gasteiger partial charge in [-0.15, -0.1) is 5.10 Å². The van der Waals surface area contributed by atoms with Crippen molar-refractivity contribution in [1.82, 2.24) is 29.1 Å². The number of alkyl halides is 3. The average Bonchev–Trinajstić information content (AvgIpc) is 3.71. The van der Waals surface area contributed by atoms with Crippen molar-refractivity contribution in [1.29, 1.82) is 0 Å². The molecule has 0 aliphatic rings. The van der Waals surface area contributed by atoms with Gasteiger partial charge in [-0.1, -0.05) is 35.5 Å². The Labute approximate surface area is 227 Å². The van der Waals surface area contributed by atoms with Crippen LogP contribution in [0.5, 0.6) is 0 Å². The van der Waals surface area contributed by atoms with Crippen LogP contribution in [0, 0.1) is 10.1 Å². The molecule has 206 valence electrons. The number of non-ortho nitro benzene ring substituents is 1. The molecule has 0 N–H and O–H groups in total. The normalized spacial score (nSPS) is 11.8. The van der Waals surface area contributed by atoms with Crippen LogP contribution < -0.4 is 5.69 Å². The zero-order valence-corrected chi connectivity index (χ0v) is 20.9. The number of furan rings is 1. The van der Waals surface area contributed by atoms with Crippen molar-refractivity contribution in [3.05, 3.63) is 123 Å². The van der Waals surface area contributed by atoms with Crippen LogP contribution >= 0.6 is 0 Å². The van der Waals surface area contributed by atoms with E-state index in [-0.39, 0.29) is 35.8 Å². The number of nitro benzene ring substituents is 1. The van der Waals surface area contributed by atoms with Gasteiger partial charge in [0, 0.05) is 17.7 Å². The first-order valence-corrected chi connectivity index (χ1v) is 12.1. The van der Waals surface area contributed by atoms with E-state index >= 15 is 0 Å². The highest BCUT2D eigenvalue weighted by Gasteiger charge is 2.37. The molecule has 0 radical (unpaired) electrons. The maximum Gasteiger partial charge on any atom is 0.418 e. The van der Waals surface area contributed by atoms with Gasteiger partial charge in [0.15, 0.2) is 5.65 Å². The molecule has 6 aromatic rings. The number of nitro groups is 1. The molecule has 2 aromatic carbocycles. The first-order valence-electron chi connectivity index (χ1n) is 12.1. The third-order valence-electron chi connectivity index (χ3n) is 6.42. The van der Waals surface area contributed by atoms with E-state index in [2.05, 4.69) is 15.3 Å². The molecule has 4 heterocycles. The molecule has 0 saturated carbocycles. The second kappa shape index (κ2) is 9.89. The first kappa shape index (κ1) is 25.7. The second-order valence-electron chi connectivity index (χ2n) is 9.05. The number of benzene rings is 2. The second-order valence-corrected chi connectivity index (χ2v) is 9.05. The predicted octanol–water partition coefficient (Wildman–Crippen LogP) is 5.06. The van der Waals surface area contributed by atoms with Gasteiger partial charge in [-0.25, -0.2) is 14.5 Å². The molecule has 0 fully saturated rings. The summed E-state index contributed by atoms with van der Waals surface area (Å²) in [7, 11) is 0. The van der Waals surface area contributed by atoms with Crippen LogP contribution in [-0.4, -0.2) is 34.0 Å². The largest absolute Gasteiger partial charge is 0.467 e. The van der Waals surface area contributed by atoms with Crippen molar-refractivity contribution < 1.29 is 22.5 Å². The molecule has 11 nitrogen and oxygen atoms in total. The number of nitrogens with zero attached hydrogens (tertiary/aromatic N) is 7. The minimum Gasteiger partial charge on any atom is -0.467 e. The van der Waals surface area contributed by atoms with E-state index in [4.69, 9.17) is 4.42 Å². The molecule has 0 unspecified atom stereocenters. The summed E-state index contributed by atoms with van der Waals surface area (Å²) in [5.74, 6) is 0.357. The summed E-state index contributed by atoms with van der Waals surface area (Å²) in [5.41, 5.74) is -1.33. The monoisotopic (exact) mass is 561 g/mol. The van der Waals surface area contributed by atoms with E-state index in [1.165, 1.54) is 41.4 Å². The van der Waals surface area contributed by atoms with E-state index in [0.717, 1.165) is 15.2 Å². The lowest BCUT2D eigenvalue weighted by Crippen LogP contribution is -2.25. The fourth-order valence-corrected chi connectivity index (χ4v) is 4.52. The van der Waals surface area contributed by atoms with Crippen molar-refractivity contribution in [2.45, 2.75) is 19.3 Å². The fourth-order valence-electron chi connectivity index (χ4n) is 4.52. The molecule has 0 aliphatic carbocycles. The summed E-state index contributed by atoms with van der Waals surface area (Å²) in [6.45, 7) is -0.490. The quantitative estimate of drug-likeness (QED) is 0.197. The number of pyridine rings is 1. The van der Waals surface area contributed by atoms with Gasteiger partial charge in [-0.3, -0.25) is 19.2 Å². The summed E-state index contributed by atoms with van der Waals surface area (Å²) < 4.78 is 52.3. The zero-order valence-electron chi connectivity index (χ0n) is 20.9. The van der Waals surface area contributed by atoms with Crippen molar-refractivity contribution in [2.24, 2.45) is 0 Å². The number of rotatable bonds is 7. The van der Waals surface area contributed by atoms with Crippen molar-refractivity contribution in [2.75, 3.05) is 0 Å². The van der Waals surface area contributed by atoms with Gasteiger partial charge in [-0.2, -0.15) is 13.2 Å². The third-order valence-corrected chi connectivity index (χ3v) is 6.42. The Balaban J connectivity index is 1.50. The predicted molar refractivity (Wildman–Crippen MR) is 139 cm³/mol. The standard InChI is InChI=1S/C27H18F3N7O4/c28-27(29,30)22-13-23(17-5-2-1-3-6-17)31-25-24(22)34(26(38)35(25)16-21-7-4-12-41-21)14-18-15-36(33-32-18)19-8-10-20(11-9-19)37(39)40/h1-13,15H,14,16H2. The summed E-state index contributed by atoms with van der Waals surface area (Å²) in [6, 6.07) is 18.0. The molecule has 14 heteroatoms. The Morgan fingerprint density at radius 2 is 1.71 bits per heavy atom. The molecule has 0 atom stereocenters. The van der Waals surface area contributed by atoms with Gasteiger partial charge in [-0.05, 0) is 30.3 Å². The van der Waals surface area contributed by atoms with Crippen molar-refractivity contribution >= 4 is 16.9 Å². The van der Waals surface area contributed by atoms with E-state index in [1.807, 2.05) is 0 Å². The van der Waals surface area contributed by atoms with Crippen LogP contribution in [0.3, 0.4) is 0 Å². The fraction of sp³-hybridized carbons (Fsp3) is 0.111. The van der Waals surface area contributed by atoms with Gasteiger partial charge >= 0.3 is 11.9 Å². The molecule has 0 saturated heterocycles. The van der Waals surface area contributed by atoms with Crippen LogP contribution in [0.25, 0.3) is 28.1 Å². The van der Waals surface area contributed by atoms with Crippen LogP contribution in [0.15, 0.2) is 94.5 Å². The summed E-state index contributed by atoms with van der Waals surface area (Å²) in [6.07, 6.45) is -1.98. The molecule has 0 aliphatic heterocycles. The number of halogens is 3. The Morgan fingerprint density at radius 1 is 0.951 bits per heavy atom. The highest BCUT2D eigenvalue weighted by Crippen LogP contribution is 2.37. The van der Waals surface area contributed by atoms with Crippen LogP contribution in [0.1, 0.15) is 17.0 Å². The summed E-state index contributed by atoms with van der Waals surface area (Å²) in [4.78, 5) is 28.6. The molecule has 0 spiro atoms. The maximum absolute atomic E-state index is 14.5. The first-order chi connectivity index (χ1) is 19.7. The van der Waals surface area contributed by atoms with Crippen LogP contribution in [0.2, 0.25) is 0 Å². The van der Waals surface area contributed by atoms with Gasteiger partial charge in [0.1, 0.15) is 17.0 Å². The van der Waals surface area contributed by atoms with Crippen molar-refractivity contribution in [3.63, 3.8) is 0 Å². The Morgan fingerprint density at radius 3 is 2.37 bits per heavy atom. The maximum atomic E-state index is 14.5. The highest BCUT2D eigenvalue weighted by molar-refractivity contribution is 5.81. The van der Waals surface area contributed by atoms with Crippen LogP contribution in [-0.2, 0) is 19.3 Å². The minimum absolute atomic E-state index is 0.0554. The molecule has 0 amide bonds. The average molecular weight is 561 g/mol. The number of fused-ring (bicyclic) bond motifs is 1. The molecule has 6 rings (SSSR count). The number of aromatic nitrogens is 6. The summed E-state index contributed by atoms with van der Waals surface area (Å²) >= 11 is 0. The summed E-state index contributed by atoms with van der Waals surface area (Å²) in [5, 5.41) is 18.9. The Bertz CT molecular complexity index is 1920. The number of imidazole rings is 1. The smallest absolute Gasteiger partial charge is 0.418 e. The topological polar surface area (TPSA) is 127 Å². The molecular weight excluding hydrogens is 543 g/mol. The molecule has 4 aromatic heterocycles. The minimum atomic E-state index is -4.81. The van der Waals surface area contributed by atoms with Gasteiger partial charge in [0.05, 0.1) is 47.4 Å². The van der Waals surface area contributed by atoms with E-state index in [1.54, 1.807) is 42.5 Å². The zero-order chi connectivity index (χ0) is 28.7. The van der Waals surface area contributed by atoms with Gasteiger partial charge in [0.2, 0.25) is 0 Å². The van der Waals surface area contributed by atoms with E-state index < -0.39 is 27.9 Å². The van der Waals surface area contributed by atoms with Gasteiger partial charge in [0.25, 0.3) is 5.69 Å². The number of hydrogen-bond acceptors (Lipinski definition) is 7. The highest BCUT2D eigenvalue weighted by atomic mass is 19.4. The molecule has 41 heavy (non-hydrogen) atoms. The van der Waals surface area contributed by atoms with E-state index in [9.17, 15) is 28.1 Å². The van der Waals surface area contributed by atoms with Gasteiger partial charge < -0.3 is 4.42 Å². The lowest BCUT2D eigenvalue weighted by Gasteiger charge is -2.12. The lowest BCUT2D eigenvalue weighted by atomic mass is 10.1. The van der Waals surface area contributed by atoms with Crippen molar-refractivity contribution in [3.8, 4) is 16.9 Å². The lowest BCUT2D eigenvalue weighted by molar-refractivity contribution is -0.384.